The van der Waals surface area contributed by atoms with Gasteiger partial charge in [0.05, 0.1) is 5.04 Å². The lowest BCUT2D eigenvalue weighted by atomic mass is 10.1. The van der Waals surface area contributed by atoms with Gasteiger partial charge in [0.15, 0.2) is 0 Å². The van der Waals surface area contributed by atoms with Crippen LogP contribution in [0.15, 0.2) is 18.2 Å². The summed E-state index contributed by atoms with van der Waals surface area (Å²) < 4.78 is 0. The molecule has 0 heterocycles. The Balaban J connectivity index is 2.96. The Kier molecular flexibility index (Phi) is 4.97. The summed E-state index contributed by atoms with van der Waals surface area (Å²) >= 11 is 13.5. The molecule has 0 spiro atoms. The SMILES string of the molecule is CCC(SC(C)=N)c1ccc(Cl)cc1Cl. The molecule has 15 heavy (non-hydrogen) atoms. The summed E-state index contributed by atoms with van der Waals surface area (Å²) in [5.41, 5.74) is 1.06. The van der Waals surface area contributed by atoms with Crippen LogP contribution in [-0.2, 0) is 0 Å². The maximum atomic E-state index is 7.48. The molecule has 1 aromatic rings. The highest BCUT2D eigenvalue weighted by atomic mass is 35.5. The van der Waals surface area contributed by atoms with Crippen LogP contribution >= 0.6 is 35.0 Å². The zero-order chi connectivity index (χ0) is 11.4. The molecule has 0 radical (unpaired) electrons. The summed E-state index contributed by atoms with van der Waals surface area (Å²) in [5, 5.41) is 9.66. The number of nitrogens with one attached hydrogen (secondary N) is 1. The summed E-state index contributed by atoms with van der Waals surface area (Å²) in [6, 6.07) is 5.53. The first-order valence-corrected chi connectivity index (χ1v) is 6.35. The van der Waals surface area contributed by atoms with Crippen LogP contribution in [-0.4, -0.2) is 5.04 Å². The molecule has 4 heteroatoms. The van der Waals surface area contributed by atoms with Crippen molar-refractivity contribution in [3.05, 3.63) is 33.8 Å². The van der Waals surface area contributed by atoms with E-state index in [4.69, 9.17) is 28.6 Å². The molecule has 0 aliphatic rings. The molecule has 0 saturated heterocycles. The minimum absolute atomic E-state index is 0.243. The maximum absolute atomic E-state index is 7.48. The van der Waals surface area contributed by atoms with Crippen molar-refractivity contribution in [2.75, 3.05) is 0 Å². The number of benzene rings is 1. The van der Waals surface area contributed by atoms with Gasteiger partial charge in [-0.15, -0.1) is 11.8 Å². The minimum Gasteiger partial charge on any atom is -0.299 e. The summed E-state index contributed by atoms with van der Waals surface area (Å²) in [7, 11) is 0. The van der Waals surface area contributed by atoms with E-state index in [1.54, 1.807) is 13.0 Å². The summed E-state index contributed by atoms with van der Waals surface area (Å²) in [6.07, 6.45) is 0.947. The standard InChI is InChI=1S/C11H13Cl2NS/c1-3-11(15-7(2)14)9-5-4-8(12)6-10(9)13/h4-6,11,14H,3H2,1-2H3. The fraction of sp³-hybridized carbons (Fsp3) is 0.364. The topological polar surface area (TPSA) is 23.9 Å². The normalized spacial score (nSPS) is 12.5. The van der Waals surface area contributed by atoms with Gasteiger partial charge in [-0.2, -0.15) is 0 Å². The Morgan fingerprint density at radius 3 is 2.60 bits per heavy atom. The first-order chi connectivity index (χ1) is 7.04. The molecule has 0 aromatic heterocycles. The predicted octanol–water partition coefficient (Wildman–Crippen LogP) is 5.17. The van der Waals surface area contributed by atoms with Gasteiger partial charge in [-0.3, -0.25) is 5.41 Å². The average molecular weight is 262 g/mol. The zero-order valence-electron chi connectivity index (χ0n) is 8.68. The minimum atomic E-state index is 0.243. The number of hydrogen-bond acceptors (Lipinski definition) is 2. The average Bonchev–Trinajstić information content (AvgIpc) is 2.14. The molecule has 82 valence electrons. The van der Waals surface area contributed by atoms with Crippen molar-refractivity contribution in [3.8, 4) is 0 Å². The molecular weight excluding hydrogens is 249 g/mol. The first-order valence-electron chi connectivity index (χ1n) is 4.71. The van der Waals surface area contributed by atoms with Gasteiger partial charge in [-0.25, -0.2) is 0 Å². The van der Waals surface area contributed by atoms with Crippen molar-refractivity contribution in [2.45, 2.75) is 25.5 Å². The Morgan fingerprint density at radius 1 is 1.47 bits per heavy atom. The Hall–Kier alpha value is -0.180. The summed E-state index contributed by atoms with van der Waals surface area (Å²) in [6.45, 7) is 3.88. The smallest absolute Gasteiger partial charge is 0.0616 e. The van der Waals surface area contributed by atoms with Gasteiger partial charge in [0.2, 0.25) is 0 Å². The van der Waals surface area contributed by atoms with Crippen molar-refractivity contribution in [1.82, 2.24) is 0 Å². The van der Waals surface area contributed by atoms with Crippen LogP contribution in [0.4, 0.5) is 0 Å². The summed E-state index contributed by atoms with van der Waals surface area (Å²) in [5.74, 6) is 0. The number of hydrogen-bond donors (Lipinski definition) is 1. The second-order valence-corrected chi connectivity index (χ2v) is 5.50. The molecular formula is C11H13Cl2NS. The third-order valence-corrected chi connectivity index (χ3v) is 3.79. The third-order valence-electron chi connectivity index (χ3n) is 2.00. The molecule has 1 unspecified atom stereocenters. The highest BCUT2D eigenvalue weighted by Crippen LogP contribution is 2.37. The van der Waals surface area contributed by atoms with Crippen LogP contribution in [0.1, 0.15) is 31.1 Å². The lowest BCUT2D eigenvalue weighted by Crippen LogP contribution is -1.96. The van der Waals surface area contributed by atoms with Crippen LogP contribution in [0, 0.1) is 5.41 Å². The number of thioether (sulfide) groups is 1. The van der Waals surface area contributed by atoms with Gasteiger partial charge in [0.1, 0.15) is 0 Å². The van der Waals surface area contributed by atoms with Crippen LogP contribution in [0.3, 0.4) is 0 Å². The largest absolute Gasteiger partial charge is 0.299 e. The van der Waals surface area contributed by atoms with E-state index in [1.165, 1.54) is 11.8 Å². The van der Waals surface area contributed by atoms with Gasteiger partial charge in [-0.1, -0.05) is 36.2 Å². The van der Waals surface area contributed by atoms with Gasteiger partial charge in [-0.05, 0) is 31.0 Å². The third kappa shape index (κ3) is 3.71. The second-order valence-electron chi connectivity index (χ2n) is 3.24. The molecule has 0 aliphatic carbocycles. The fourth-order valence-electron chi connectivity index (χ4n) is 1.34. The Morgan fingerprint density at radius 2 is 2.13 bits per heavy atom. The molecule has 0 aliphatic heterocycles. The van der Waals surface area contributed by atoms with E-state index in [0.29, 0.717) is 15.1 Å². The molecule has 0 saturated carbocycles. The first kappa shape index (κ1) is 12.9. The Labute approximate surface area is 105 Å². The Bertz CT molecular complexity index is 366. The molecule has 1 rings (SSSR count). The molecule has 0 fully saturated rings. The fourth-order valence-corrected chi connectivity index (χ4v) is 2.87. The monoisotopic (exact) mass is 261 g/mol. The highest BCUT2D eigenvalue weighted by Gasteiger charge is 2.14. The quantitative estimate of drug-likeness (QED) is 0.589. The van der Waals surface area contributed by atoms with Crippen molar-refractivity contribution in [2.24, 2.45) is 0 Å². The van der Waals surface area contributed by atoms with E-state index in [0.717, 1.165) is 12.0 Å². The van der Waals surface area contributed by atoms with Crippen LogP contribution in [0.5, 0.6) is 0 Å². The predicted molar refractivity (Wildman–Crippen MR) is 70.5 cm³/mol. The van der Waals surface area contributed by atoms with Crippen LogP contribution in [0.2, 0.25) is 10.0 Å². The van der Waals surface area contributed by atoms with E-state index in [1.807, 2.05) is 12.1 Å². The lowest BCUT2D eigenvalue weighted by Gasteiger charge is -2.15. The molecule has 1 nitrogen and oxygen atoms in total. The van der Waals surface area contributed by atoms with Crippen molar-refractivity contribution < 1.29 is 0 Å². The van der Waals surface area contributed by atoms with E-state index in [9.17, 15) is 0 Å². The van der Waals surface area contributed by atoms with Gasteiger partial charge < -0.3 is 0 Å². The molecule has 0 bridgehead atoms. The van der Waals surface area contributed by atoms with E-state index in [2.05, 4.69) is 6.92 Å². The number of rotatable bonds is 3. The molecule has 1 aromatic carbocycles. The van der Waals surface area contributed by atoms with Gasteiger partial charge in [0, 0.05) is 15.3 Å². The van der Waals surface area contributed by atoms with Gasteiger partial charge >= 0.3 is 0 Å². The molecule has 1 N–H and O–H groups in total. The van der Waals surface area contributed by atoms with Crippen molar-refractivity contribution in [1.29, 1.82) is 5.41 Å². The van der Waals surface area contributed by atoms with E-state index < -0.39 is 0 Å². The van der Waals surface area contributed by atoms with Crippen molar-refractivity contribution >= 4 is 40.0 Å². The van der Waals surface area contributed by atoms with Crippen molar-refractivity contribution in [3.63, 3.8) is 0 Å². The number of halogens is 2. The van der Waals surface area contributed by atoms with Crippen LogP contribution in [0.25, 0.3) is 0 Å². The molecule has 0 amide bonds. The molecule has 1 atom stereocenters. The van der Waals surface area contributed by atoms with Crippen LogP contribution < -0.4 is 0 Å². The second kappa shape index (κ2) is 5.78. The van der Waals surface area contributed by atoms with Gasteiger partial charge in [0.25, 0.3) is 0 Å². The summed E-state index contributed by atoms with van der Waals surface area (Å²) in [4.78, 5) is 0. The van der Waals surface area contributed by atoms with E-state index >= 15 is 0 Å². The maximum Gasteiger partial charge on any atom is 0.0616 e. The zero-order valence-corrected chi connectivity index (χ0v) is 11.0. The van der Waals surface area contributed by atoms with E-state index in [-0.39, 0.29) is 5.25 Å². The highest BCUT2D eigenvalue weighted by molar-refractivity contribution is 8.13. The lowest BCUT2D eigenvalue weighted by molar-refractivity contribution is 0.900.